The van der Waals surface area contributed by atoms with Crippen LogP contribution in [0.5, 0.6) is 5.75 Å². The molecule has 0 bridgehead atoms. The van der Waals surface area contributed by atoms with Crippen LogP contribution in [0.15, 0.2) is 66.2 Å². The van der Waals surface area contributed by atoms with Crippen LogP contribution in [0.3, 0.4) is 0 Å². The number of aryl methyl sites for hydroxylation is 1. The van der Waals surface area contributed by atoms with Crippen molar-refractivity contribution >= 4 is 46.3 Å². The molecular formula is C27H21Cl2NO4. The summed E-state index contributed by atoms with van der Waals surface area (Å²) in [5.74, 6) is -0.977. The smallest absolute Gasteiger partial charge is 0.300 e. The highest BCUT2D eigenvalue weighted by Gasteiger charge is 2.47. The first-order chi connectivity index (χ1) is 16.2. The van der Waals surface area contributed by atoms with Crippen LogP contribution < -0.4 is 9.64 Å². The van der Waals surface area contributed by atoms with Crippen molar-refractivity contribution in [3.63, 3.8) is 0 Å². The van der Waals surface area contributed by atoms with Crippen LogP contribution in [-0.2, 0) is 16.0 Å². The Morgan fingerprint density at radius 3 is 2.56 bits per heavy atom. The molecule has 3 aromatic carbocycles. The van der Waals surface area contributed by atoms with Gasteiger partial charge >= 0.3 is 0 Å². The fourth-order valence-electron chi connectivity index (χ4n) is 4.61. The van der Waals surface area contributed by atoms with Gasteiger partial charge in [-0.3, -0.25) is 14.5 Å². The number of aliphatic hydroxyl groups is 1. The van der Waals surface area contributed by atoms with Gasteiger partial charge in [0.2, 0.25) is 0 Å². The summed E-state index contributed by atoms with van der Waals surface area (Å²) in [6.45, 7) is 3.90. The van der Waals surface area contributed by atoms with Crippen LogP contribution in [0.4, 0.5) is 5.69 Å². The van der Waals surface area contributed by atoms with Crippen LogP contribution in [0.2, 0.25) is 10.0 Å². The summed E-state index contributed by atoms with van der Waals surface area (Å²) >= 11 is 12.3. The number of ether oxygens (including phenoxy) is 1. The molecule has 0 radical (unpaired) electrons. The predicted octanol–water partition coefficient (Wildman–Crippen LogP) is 6.25. The number of nitrogens with zero attached hydrogens (tertiary/aromatic N) is 1. The molecule has 2 heterocycles. The minimum atomic E-state index is -0.833. The Kier molecular flexibility index (Phi) is 5.62. The van der Waals surface area contributed by atoms with Crippen LogP contribution in [-0.4, -0.2) is 22.9 Å². The van der Waals surface area contributed by atoms with Gasteiger partial charge in [0.15, 0.2) is 0 Å². The van der Waals surface area contributed by atoms with Gasteiger partial charge in [0, 0.05) is 17.7 Å². The Morgan fingerprint density at radius 2 is 1.82 bits per heavy atom. The first-order valence-corrected chi connectivity index (χ1v) is 11.6. The molecule has 2 aliphatic rings. The molecule has 1 amide bonds. The van der Waals surface area contributed by atoms with Gasteiger partial charge in [0.25, 0.3) is 11.7 Å². The van der Waals surface area contributed by atoms with Gasteiger partial charge < -0.3 is 9.84 Å². The molecule has 172 valence electrons. The van der Waals surface area contributed by atoms with Crippen LogP contribution in [0, 0.1) is 6.92 Å². The zero-order valence-corrected chi connectivity index (χ0v) is 20.0. The fraction of sp³-hybridized carbons (Fsp3) is 0.185. The third-order valence-corrected chi connectivity index (χ3v) is 6.89. The molecule has 0 saturated carbocycles. The summed E-state index contributed by atoms with van der Waals surface area (Å²) in [4.78, 5) is 28.0. The highest BCUT2D eigenvalue weighted by atomic mass is 35.5. The molecule has 0 aromatic heterocycles. The number of aliphatic hydroxyl groups excluding tert-OH is 1. The monoisotopic (exact) mass is 493 g/mol. The number of amides is 1. The van der Waals surface area contributed by atoms with E-state index < -0.39 is 17.7 Å². The molecule has 5 nitrogen and oxygen atoms in total. The number of Topliss-reactive ketones (excluding diaryl/α,β-unsaturated/α-hetero) is 1. The Balaban J connectivity index is 1.70. The van der Waals surface area contributed by atoms with Gasteiger partial charge in [-0.1, -0.05) is 53.0 Å². The molecule has 3 aromatic rings. The fourth-order valence-corrected chi connectivity index (χ4v) is 4.91. The SMILES string of the molecule is Cc1cccc(C2/C(=C(/O)c3ccc4c(c3)CC(C)O4)C(=O)C(=O)N2c2ccc(Cl)c(Cl)c2)c1. The van der Waals surface area contributed by atoms with Crippen molar-refractivity contribution in [2.24, 2.45) is 0 Å². The highest BCUT2D eigenvalue weighted by Crippen LogP contribution is 2.44. The summed E-state index contributed by atoms with van der Waals surface area (Å²) < 4.78 is 5.75. The Hall–Kier alpha value is -3.28. The van der Waals surface area contributed by atoms with Crippen molar-refractivity contribution in [2.75, 3.05) is 4.90 Å². The summed E-state index contributed by atoms with van der Waals surface area (Å²) in [5.41, 5.74) is 3.50. The van der Waals surface area contributed by atoms with Gasteiger partial charge in [-0.25, -0.2) is 0 Å². The van der Waals surface area contributed by atoms with Crippen molar-refractivity contribution in [1.82, 2.24) is 0 Å². The lowest BCUT2D eigenvalue weighted by molar-refractivity contribution is -0.132. The average Bonchev–Trinajstić information content (AvgIpc) is 3.31. The number of hydrogen-bond donors (Lipinski definition) is 1. The van der Waals surface area contributed by atoms with E-state index in [0.29, 0.717) is 28.3 Å². The number of rotatable bonds is 3. The van der Waals surface area contributed by atoms with Gasteiger partial charge in [-0.2, -0.15) is 0 Å². The number of hydrogen-bond acceptors (Lipinski definition) is 4. The molecule has 1 fully saturated rings. The van der Waals surface area contributed by atoms with Crippen molar-refractivity contribution in [1.29, 1.82) is 0 Å². The summed E-state index contributed by atoms with van der Waals surface area (Å²) in [7, 11) is 0. The van der Waals surface area contributed by atoms with Crippen molar-refractivity contribution < 1.29 is 19.4 Å². The molecule has 2 atom stereocenters. The lowest BCUT2D eigenvalue weighted by Gasteiger charge is -2.26. The number of ketones is 1. The highest BCUT2D eigenvalue weighted by molar-refractivity contribution is 6.52. The standard InChI is InChI=1S/C27H21Cl2NO4/c1-14-4-3-5-16(10-14)24-23(25(31)17-6-9-22-18(12-17)11-15(2)34-22)26(32)27(33)30(24)19-7-8-20(28)21(29)13-19/h3-10,12-13,15,24,31H,11H2,1-2H3/b25-23-. The lowest BCUT2D eigenvalue weighted by Crippen LogP contribution is -2.29. The largest absolute Gasteiger partial charge is 0.507 e. The quantitative estimate of drug-likeness (QED) is 0.266. The molecule has 1 N–H and O–H groups in total. The number of fused-ring (bicyclic) bond motifs is 1. The maximum atomic E-state index is 13.3. The van der Waals surface area contributed by atoms with E-state index in [9.17, 15) is 14.7 Å². The van der Waals surface area contributed by atoms with E-state index in [-0.39, 0.29) is 22.5 Å². The zero-order valence-electron chi connectivity index (χ0n) is 18.5. The van der Waals surface area contributed by atoms with E-state index in [1.807, 2.05) is 44.2 Å². The first-order valence-electron chi connectivity index (χ1n) is 10.9. The molecule has 2 aliphatic heterocycles. The molecule has 1 saturated heterocycles. The van der Waals surface area contributed by atoms with Crippen molar-refractivity contribution in [3.8, 4) is 5.75 Å². The van der Waals surface area contributed by atoms with E-state index >= 15 is 0 Å². The normalized spacial score (nSPS) is 21.0. The van der Waals surface area contributed by atoms with Crippen LogP contribution >= 0.6 is 23.2 Å². The molecule has 2 unspecified atom stereocenters. The number of carbonyl (C=O) groups is 2. The molecular weight excluding hydrogens is 473 g/mol. The molecule has 34 heavy (non-hydrogen) atoms. The van der Waals surface area contributed by atoms with Crippen molar-refractivity contribution in [2.45, 2.75) is 32.4 Å². The van der Waals surface area contributed by atoms with Gasteiger partial charge in [0.1, 0.15) is 17.6 Å². The Bertz CT molecular complexity index is 1380. The maximum absolute atomic E-state index is 13.3. The van der Waals surface area contributed by atoms with E-state index in [0.717, 1.165) is 16.9 Å². The van der Waals surface area contributed by atoms with Gasteiger partial charge in [0.05, 0.1) is 21.7 Å². The topological polar surface area (TPSA) is 66.8 Å². The molecule has 5 rings (SSSR count). The predicted molar refractivity (Wildman–Crippen MR) is 133 cm³/mol. The number of benzene rings is 3. The van der Waals surface area contributed by atoms with Crippen molar-refractivity contribution in [3.05, 3.63) is 98.5 Å². The average molecular weight is 494 g/mol. The summed E-state index contributed by atoms with van der Waals surface area (Å²) in [6.07, 6.45) is 0.745. The maximum Gasteiger partial charge on any atom is 0.300 e. The summed E-state index contributed by atoms with van der Waals surface area (Å²) in [6, 6.07) is 16.7. The van der Waals surface area contributed by atoms with Gasteiger partial charge in [-0.05, 0) is 61.4 Å². The number of anilines is 1. The second kappa shape index (κ2) is 8.49. The first kappa shape index (κ1) is 22.5. The lowest BCUT2D eigenvalue weighted by atomic mass is 9.93. The number of halogens is 2. The minimum Gasteiger partial charge on any atom is -0.507 e. The Morgan fingerprint density at radius 1 is 1.03 bits per heavy atom. The van der Waals surface area contributed by atoms with E-state index in [1.165, 1.54) is 4.90 Å². The molecule has 0 aliphatic carbocycles. The zero-order chi connectivity index (χ0) is 24.1. The summed E-state index contributed by atoms with van der Waals surface area (Å²) in [5, 5.41) is 12.0. The number of carbonyl (C=O) groups excluding carboxylic acids is 2. The second-order valence-electron chi connectivity index (χ2n) is 8.64. The third kappa shape index (κ3) is 3.75. The van der Waals surface area contributed by atoms with Crippen LogP contribution in [0.1, 0.15) is 35.2 Å². The van der Waals surface area contributed by atoms with E-state index in [2.05, 4.69) is 0 Å². The third-order valence-electron chi connectivity index (χ3n) is 6.15. The Labute approximate surface area is 207 Å². The second-order valence-corrected chi connectivity index (χ2v) is 9.45. The molecule has 7 heteroatoms. The minimum absolute atomic E-state index is 0.0218. The van der Waals surface area contributed by atoms with E-state index in [4.69, 9.17) is 27.9 Å². The van der Waals surface area contributed by atoms with Crippen LogP contribution in [0.25, 0.3) is 5.76 Å². The molecule has 0 spiro atoms. The van der Waals surface area contributed by atoms with E-state index in [1.54, 1.807) is 30.3 Å². The van der Waals surface area contributed by atoms with Gasteiger partial charge in [-0.15, -0.1) is 0 Å².